The molecular weight excluding hydrogens is 384 g/mol. The van der Waals surface area contributed by atoms with E-state index in [2.05, 4.69) is 10.0 Å². The lowest BCUT2D eigenvalue weighted by Gasteiger charge is -2.11. The number of hydrogen-bond donors (Lipinski definition) is 2. The zero-order valence-corrected chi connectivity index (χ0v) is 16.0. The summed E-state index contributed by atoms with van der Waals surface area (Å²) in [6.45, 7) is 2.61. The SMILES string of the molecule is CCOc1ccc(C(=O)Nc2ccc(S(=O)(=O)N[C@H]3CCOC3=O)cc2)cc1. The fourth-order valence-electron chi connectivity index (χ4n) is 2.65. The number of anilines is 1. The van der Waals surface area contributed by atoms with Crippen molar-refractivity contribution in [3.8, 4) is 5.75 Å². The molecule has 9 heteroatoms. The third-order valence-electron chi connectivity index (χ3n) is 4.08. The van der Waals surface area contributed by atoms with E-state index in [1.54, 1.807) is 24.3 Å². The highest BCUT2D eigenvalue weighted by atomic mass is 32.2. The lowest BCUT2D eigenvalue weighted by Crippen LogP contribution is -2.37. The van der Waals surface area contributed by atoms with E-state index in [9.17, 15) is 18.0 Å². The molecule has 0 radical (unpaired) electrons. The van der Waals surface area contributed by atoms with E-state index in [0.29, 0.717) is 30.0 Å². The number of rotatable bonds is 7. The van der Waals surface area contributed by atoms with Crippen LogP contribution < -0.4 is 14.8 Å². The normalized spacial score (nSPS) is 16.5. The van der Waals surface area contributed by atoms with Gasteiger partial charge in [0.15, 0.2) is 0 Å². The smallest absolute Gasteiger partial charge is 0.324 e. The Morgan fingerprint density at radius 3 is 2.39 bits per heavy atom. The predicted molar refractivity (Wildman–Crippen MR) is 102 cm³/mol. The van der Waals surface area contributed by atoms with Crippen molar-refractivity contribution in [2.24, 2.45) is 0 Å². The van der Waals surface area contributed by atoms with E-state index in [-0.39, 0.29) is 17.4 Å². The Bertz CT molecular complexity index is 955. The maximum absolute atomic E-state index is 12.4. The fraction of sp³-hybridized carbons (Fsp3) is 0.263. The molecule has 28 heavy (non-hydrogen) atoms. The molecule has 2 N–H and O–H groups in total. The van der Waals surface area contributed by atoms with Crippen molar-refractivity contribution >= 4 is 27.6 Å². The molecular formula is C19H20N2O6S. The van der Waals surface area contributed by atoms with Gasteiger partial charge in [0.1, 0.15) is 11.8 Å². The maximum Gasteiger partial charge on any atom is 0.324 e. The summed E-state index contributed by atoms with van der Waals surface area (Å²) in [5, 5.41) is 2.70. The van der Waals surface area contributed by atoms with E-state index >= 15 is 0 Å². The molecule has 0 bridgehead atoms. The highest BCUT2D eigenvalue weighted by Crippen LogP contribution is 2.18. The van der Waals surface area contributed by atoms with E-state index in [0.717, 1.165) is 0 Å². The Morgan fingerprint density at radius 2 is 1.82 bits per heavy atom. The first-order valence-corrected chi connectivity index (χ1v) is 10.2. The number of hydrogen-bond acceptors (Lipinski definition) is 6. The van der Waals surface area contributed by atoms with Crippen molar-refractivity contribution in [2.45, 2.75) is 24.3 Å². The van der Waals surface area contributed by atoms with Crippen LogP contribution in [0.15, 0.2) is 53.4 Å². The van der Waals surface area contributed by atoms with E-state index < -0.39 is 22.0 Å². The van der Waals surface area contributed by atoms with Crippen molar-refractivity contribution in [1.29, 1.82) is 0 Å². The van der Waals surface area contributed by atoms with Crippen LogP contribution in [0, 0.1) is 0 Å². The van der Waals surface area contributed by atoms with Gasteiger partial charge in [0.25, 0.3) is 5.91 Å². The number of ether oxygens (including phenoxy) is 2. The van der Waals surface area contributed by atoms with Crippen LogP contribution in [0.2, 0.25) is 0 Å². The predicted octanol–water partition coefficient (Wildman–Crippen LogP) is 1.93. The minimum absolute atomic E-state index is 0.00809. The second-order valence-electron chi connectivity index (χ2n) is 6.07. The zero-order valence-electron chi connectivity index (χ0n) is 15.2. The van der Waals surface area contributed by atoms with Gasteiger partial charge in [0.2, 0.25) is 10.0 Å². The number of benzene rings is 2. The van der Waals surface area contributed by atoms with Crippen molar-refractivity contribution in [1.82, 2.24) is 4.72 Å². The van der Waals surface area contributed by atoms with Gasteiger partial charge in [-0.25, -0.2) is 8.42 Å². The molecule has 8 nitrogen and oxygen atoms in total. The summed E-state index contributed by atoms with van der Waals surface area (Å²) in [6, 6.07) is 11.5. The van der Waals surface area contributed by atoms with Gasteiger partial charge < -0.3 is 14.8 Å². The van der Waals surface area contributed by atoms with E-state index in [1.807, 2.05) is 6.92 Å². The third-order valence-corrected chi connectivity index (χ3v) is 5.57. The quantitative estimate of drug-likeness (QED) is 0.682. The maximum atomic E-state index is 12.4. The molecule has 1 aliphatic rings. The second-order valence-corrected chi connectivity index (χ2v) is 7.78. The van der Waals surface area contributed by atoms with Crippen LogP contribution in [0.5, 0.6) is 5.75 Å². The lowest BCUT2D eigenvalue weighted by atomic mass is 10.2. The fourth-order valence-corrected chi connectivity index (χ4v) is 3.87. The van der Waals surface area contributed by atoms with Crippen molar-refractivity contribution in [3.63, 3.8) is 0 Å². The first kappa shape index (κ1) is 19.8. The largest absolute Gasteiger partial charge is 0.494 e. The molecule has 0 aliphatic carbocycles. The highest BCUT2D eigenvalue weighted by Gasteiger charge is 2.31. The molecule has 1 saturated heterocycles. The van der Waals surface area contributed by atoms with Crippen molar-refractivity contribution < 1.29 is 27.5 Å². The molecule has 1 heterocycles. The van der Waals surface area contributed by atoms with Crippen molar-refractivity contribution in [3.05, 3.63) is 54.1 Å². The number of esters is 1. The molecule has 148 valence electrons. The molecule has 3 rings (SSSR count). The second kappa shape index (κ2) is 8.41. The lowest BCUT2D eigenvalue weighted by molar-refractivity contribution is -0.139. The van der Waals surface area contributed by atoms with Crippen LogP contribution >= 0.6 is 0 Å². The summed E-state index contributed by atoms with van der Waals surface area (Å²) in [7, 11) is -3.86. The first-order valence-electron chi connectivity index (χ1n) is 8.72. The Balaban J connectivity index is 1.65. The third kappa shape index (κ3) is 4.68. The first-order chi connectivity index (χ1) is 13.4. The summed E-state index contributed by atoms with van der Waals surface area (Å²) in [5.74, 6) is -0.236. The molecule has 2 aromatic carbocycles. The summed E-state index contributed by atoms with van der Waals surface area (Å²) < 4.78 is 37.1. The minimum Gasteiger partial charge on any atom is -0.494 e. The molecule has 1 atom stereocenters. The number of nitrogens with one attached hydrogen (secondary N) is 2. The van der Waals surface area contributed by atoms with Gasteiger partial charge in [-0.1, -0.05) is 0 Å². The van der Waals surface area contributed by atoms with Crippen LogP contribution in [0.1, 0.15) is 23.7 Å². The number of amides is 1. The van der Waals surface area contributed by atoms with Crippen LogP contribution in [0.4, 0.5) is 5.69 Å². The molecule has 0 saturated carbocycles. The van der Waals surface area contributed by atoms with Gasteiger partial charge >= 0.3 is 5.97 Å². The van der Waals surface area contributed by atoms with Gasteiger partial charge in [-0.2, -0.15) is 4.72 Å². The van der Waals surface area contributed by atoms with Crippen molar-refractivity contribution in [2.75, 3.05) is 18.5 Å². The molecule has 1 amide bonds. The number of carbonyl (C=O) groups is 2. The molecule has 0 spiro atoms. The average molecular weight is 404 g/mol. The van der Waals surface area contributed by atoms with Crippen LogP contribution in [0.3, 0.4) is 0 Å². The Hall–Kier alpha value is -2.91. The average Bonchev–Trinajstić information content (AvgIpc) is 3.07. The van der Waals surface area contributed by atoms with Gasteiger partial charge in [0, 0.05) is 17.7 Å². The van der Waals surface area contributed by atoms with E-state index in [4.69, 9.17) is 9.47 Å². The molecule has 1 fully saturated rings. The summed E-state index contributed by atoms with van der Waals surface area (Å²) in [6.07, 6.45) is 0.300. The Kier molecular flexibility index (Phi) is 5.96. The molecule has 1 aliphatic heterocycles. The van der Waals surface area contributed by atoms with Gasteiger partial charge in [-0.05, 0) is 55.5 Å². The van der Waals surface area contributed by atoms with Gasteiger partial charge in [-0.15, -0.1) is 0 Å². The number of cyclic esters (lactones) is 1. The van der Waals surface area contributed by atoms with E-state index in [1.165, 1.54) is 24.3 Å². The zero-order chi connectivity index (χ0) is 20.1. The molecule has 0 aromatic heterocycles. The van der Waals surface area contributed by atoms with Crippen LogP contribution in [0.25, 0.3) is 0 Å². The van der Waals surface area contributed by atoms with Crippen LogP contribution in [-0.4, -0.2) is 39.5 Å². The monoisotopic (exact) mass is 404 g/mol. The Labute approximate surface area is 162 Å². The minimum atomic E-state index is -3.86. The molecule has 2 aromatic rings. The topological polar surface area (TPSA) is 111 Å². The Morgan fingerprint density at radius 1 is 1.14 bits per heavy atom. The van der Waals surface area contributed by atoms with Gasteiger partial charge in [0.05, 0.1) is 18.1 Å². The van der Waals surface area contributed by atoms with Gasteiger partial charge in [-0.3, -0.25) is 9.59 Å². The highest BCUT2D eigenvalue weighted by molar-refractivity contribution is 7.89. The number of sulfonamides is 1. The standard InChI is InChI=1S/C19H20N2O6S/c1-2-26-15-7-3-13(4-8-15)18(22)20-14-5-9-16(10-6-14)28(24,25)21-17-11-12-27-19(17)23/h3-10,17,21H,2,11-12H2,1H3,(H,20,22)/t17-/m0/s1. The summed E-state index contributed by atoms with van der Waals surface area (Å²) in [4.78, 5) is 23.7. The summed E-state index contributed by atoms with van der Waals surface area (Å²) in [5.41, 5.74) is 0.889. The molecule has 0 unspecified atom stereocenters. The number of carbonyl (C=O) groups excluding carboxylic acids is 2. The van der Waals surface area contributed by atoms with Crippen LogP contribution in [-0.2, 0) is 19.6 Å². The summed E-state index contributed by atoms with van der Waals surface area (Å²) >= 11 is 0.